The molecule has 1 saturated heterocycles. The highest BCUT2D eigenvalue weighted by Crippen LogP contribution is 2.27. The average Bonchev–Trinajstić information content (AvgIpc) is 2.66. The molecule has 1 heterocycles. The van der Waals surface area contributed by atoms with Crippen molar-refractivity contribution in [2.24, 2.45) is 0 Å². The van der Waals surface area contributed by atoms with Crippen LogP contribution in [0.3, 0.4) is 0 Å². The largest absolute Gasteiger partial charge is 0.377 e. The van der Waals surface area contributed by atoms with E-state index in [1.54, 1.807) is 0 Å². The van der Waals surface area contributed by atoms with Gasteiger partial charge in [0.1, 0.15) is 6.61 Å². The summed E-state index contributed by atoms with van der Waals surface area (Å²) in [6.07, 6.45) is 5.76. The summed E-state index contributed by atoms with van der Waals surface area (Å²) in [4.78, 5) is 11.4. The third kappa shape index (κ3) is 5.98. The van der Waals surface area contributed by atoms with Gasteiger partial charge in [-0.2, -0.15) is 0 Å². The van der Waals surface area contributed by atoms with Gasteiger partial charge in [-0.3, -0.25) is 4.79 Å². The van der Waals surface area contributed by atoms with Crippen LogP contribution >= 0.6 is 0 Å². The normalized spacial score (nSPS) is 23.0. The van der Waals surface area contributed by atoms with Crippen molar-refractivity contribution in [2.45, 2.75) is 57.7 Å². The van der Waals surface area contributed by atoms with Crippen molar-refractivity contribution >= 4 is 5.78 Å². The summed E-state index contributed by atoms with van der Waals surface area (Å²) in [5.41, 5.74) is 1.10. The van der Waals surface area contributed by atoms with Gasteiger partial charge in [-0.05, 0) is 44.6 Å². The lowest BCUT2D eigenvalue weighted by atomic mass is 9.93. The second-order valence-electron chi connectivity index (χ2n) is 6.13. The van der Waals surface area contributed by atoms with Crippen molar-refractivity contribution in [3.63, 3.8) is 0 Å². The Morgan fingerprint density at radius 2 is 2.05 bits per heavy atom. The molecule has 0 N–H and O–H groups in total. The number of rotatable bonds is 7. The summed E-state index contributed by atoms with van der Waals surface area (Å²) in [7, 11) is 0. The summed E-state index contributed by atoms with van der Waals surface area (Å²) in [6.45, 7) is 3.89. The van der Waals surface area contributed by atoms with E-state index in [4.69, 9.17) is 9.47 Å². The van der Waals surface area contributed by atoms with Gasteiger partial charge in [0, 0.05) is 13.0 Å². The van der Waals surface area contributed by atoms with E-state index in [9.17, 15) is 4.79 Å². The SMILES string of the molecule is CC1(CCCCOCc2ccccc2)CCCC(=O)CO1. The molecule has 1 atom stereocenters. The van der Waals surface area contributed by atoms with Crippen molar-refractivity contribution in [2.75, 3.05) is 13.2 Å². The Bertz CT molecular complexity index is 429. The maximum absolute atomic E-state index is 11.4. The van der Waals surface area contributed by atoms with Crippen molar-refractivity contribution in [1.29, 1.82) is 0 Å². The van der Waals surface area contributed by atoms with Gasteiger partial charge in [0.05, 0.1) is 12.2 Å². The molecule has 1 unspecified atom stereocenters. The van der Waals surface area contributed by atoms with E-state index in [0.29, 0.717) is 19.6 Å². The van der Waals surface area contributed by atoms with Crippen LogP contribution in [0.15, 0.2) is 30.3 Å². The minimum absolute atomic E-state index is 0.119. The molecule has 1 fully saturated rings. The highest BCUT2D eigenvalue weighted by molar-refractivity contribution is 5.79. The summed E-state index contributed by atoms with van der Waals surface area (Å²) < 4.78 is 11.5. The first-order chi connectivity index (χ1) is 10.2. The van der Waals surface area contributed by atoms with Crippen molar-refractivity contribution in [1.82, 2.24) is 0 Å². The molecular weight excluding hydrogens is 264 g/mol. The first kappa shape index (κ1) is 16.2. The summed E-state index contributed by atoms with van der Waals surface area (Å²) in [5, 5.41) is 0. The summed E-state index contributed by atoms with van der Waals surface area (Å²) in [6, 6.07) is 10.2. The maximum atomic E-state index is 11.4. The van der Waals surface area contributed by atoms with E-state index < -0.39 is 0 Å². The smallest absolute Gasteiger partial charge is 0.158 e. The molecule has 0 aliphatic carbocycles. The van der Waals surface area contributed by atoms with Gasteiger partial charge in [-0.25, -0.2) is 0 Å². The Kier molecular flexibility index (Phi) is 6.40. The Labute approximate surface area is 127 Å². The van der Waals surface area contributed by atoms with Gasteiger partial charge in [0.2, 0.25) is 0 Å². The number of benzene rings is 1. The first-order valence-corrected chi connectivity index (χ1v) is 7.95. The lowest BCUT2D eigenvalue weighted by molar-refractivity contribution is -0.127. The number of hydrogen-bond donors (Lipinski definition) is 0. The Morgan fingerprint density at radius 1 is 1.24 bits per heavy atom. The fourth-order valence-electron chi connectivity index (χ4n) is 2.72. The van der Waals surface area contributed by atoms with Crippen LogP contribution < -0.4 is 0 Å². The molecule has 1 aliphatic rings. The Balaban J connectivity index is 1.57. The fourth-order valence-corrected chi connectivity index (χ4v) is 2.72. The Hall–Kier alpha value is -1.19. The Morgan fingerprint density at radius 3 is 2.86 bits per heavy atom. The van der Waals surface area contributed by atoms with Gasteiger partial charge in [-0.15, -0.1) is 0 Å². The molecule has 116 valence electrons. The number of carbonyl (C=O) groups is 1. The zero-order valence-corrected chi connectivity index (χ0v) is 13.0. The van der Waals surface area contributed by atoms with E-state index in [1.165, 1.54) is 5.56 Å². The van der Waals surface area contributed by atoms with E-state index >= 15 is 0 Å². The van der Waals surface area contributed by atoms with Gasteiger partial charge >= 0.3 is 0 Å². The molecule has 1 aromatic rings. The van der Waals surface area contributed by atoms with E-state index in [-0.39, 0.29) is 11.4 Å². The van der Waals surface area contributed by atoms with Crippen molar-refractivity contribution < 1.29 is 14.3 Å². The second-order valence-corrected chi connectivity index (χ2v) is 6.13. The van der Waals surface area contributed by atoms with E-state index in [0.717, 1.165) is 38.7 Å². The minimum Gasteiger partial charge on any atom is -0.377 e. The maximum Gasteiger partial charge on any atom is 0.158 e. The minimum atomic E-state index is -0.119. The van der Waals surface area contributed by atoms with Crippen LogP contribution in [-0.4, -0.2) is 24.6 Å². The van der Waals surface area contributed by atoms with Gasteiger partial charge < -0.3 is 9.47 Å². The standard InChI is InChI=1S/C18H26O3/c1-18(12-7-10-17(19)15-21-18)11-5-6-13-20-14-16-8-3-2-4-9-16/h2-4,8-9H,5-7,10-15H2,1H3. The lowest BCUT2D eigenvalue weighted by Gasteiger charge is -2.27. The molecule has 0 saturated carbocycles. The van der Waals surface area contributed by atoms with Gasteiger partial charge in [0.15, 0.2) is 5.78 Å². The van der Waals surface area contributed by atoms with Crippen LogP contribution in [0.4, 0.5) is 0 Å². The number of ketones is 1. The molecule has 0 radical (unpaired) electrons. The molecule has 1 aromatic carbocycles. The zero-order chi connectivity index (χ0) is 15.0. The molecule has 21 heavy (non-hydrogen) atoms. The summed E-state index contributed by atoms with van der Waals surface area (Å²) >= 11 is 0. The topological polar surface area (TPSA) is 35.5 Å². The molecule has 3 nitrogen and oxygen atoms in total. The van der Waals surface area contributed by atoms with Crippen LogP contribution in [0, 0.1) is 0 Å². The van der Waals surface area contributed by atoms with Gasteiger partial charge in [-0.1, -0.05) is 30.3 Å². The monoisotopic (exact) mass is 290 g/mol. The predicted molar refractivity (Wildman–Crippen MR) is 83.2 cm³/mol. The number of hydrogen-bond acceptors (Lipinski definition) is 3. The van der Waals surface area contributed by atoms with Crippen molar-refractivity contribution in [3.05, 3.63) is 35.9 Å². The highest BCUT2D eigenvalue weighted by atomic mass is 16.5. The van der Waals surface area contributed by atoms with E-state index in [1.807, 2.05) is 18.2 Å². The summed E-state index contributed by atoms with van der Waals surface area (Å²) in [5.74, 6) is 0.241. The third-order valence-corrected chi connectivity index (χ3v) is 4.10. The molecule has 3 heteroatoms. The van der Waals surface area contributed by atoms with Crippen molar-refractivity contribution in [3.8, 4) is 0 Å². The van der Waals surface area contributed by atoms with Crippen LogP contribution in [0.1, 0.15) is 51.0 Å². The number of Topliss-reactive ketones (excluding diaryl/α,β-unsaturated/α-hetero) is 1. The lowest BCUT2D eigenvalue weighted by Crippen LogP contribution is -2.28. The van der Waals surface area contributed by atoms with Crippen LogP contribution in [0.2, 0.25) is 0 Å². The quantitative estimate of drug-likeness (QED) is 0.714. The number of ether oxygens (including phenoxy) is 2. The highest BCUT2D eigenvalue weighted by Gasteiger charge is 2.28. The second kappa shape index (κ2) is 8.30. The molecule has 0 spiro atoms. The fraction of sp³-hybridized carbons (Fsp3) is 0.611. The molecule has 0 aromatic heterocycles. The van der Waals surface area contributed by atoms with Gasteiger partial charge in [0.25, 0.3) is 0 Å². The molecule has 1 aliphatic heterocycles. The number of unbranched alkanes of at least 4 members (excludes halogenated alkanes) is 1. The van der Waals surface area contributed by atoms with E-state index in [2.05, 4.69) is 19.1 Å². The molecule has 2 rings (SSSR count). The molecule has 0 amide bonds. The third-order valence-electron chi connectivity index (χ3n) is 4.10. The number of carbonyl (C=O) groups excluding carboxylic acids is 1. The first-order valence-electron chi connectivity index (χ1n) is 7.95. The predicted octanol–water partition coefficient (Wildman–Crippen LogP) is 3.90. The van der Waals surface area contributed by atoms with Crippen LogP contribution in [0.5, 0.6) is 0 Å². The zero-order valence-electron chi connectivity index (χ0n) is 13.0. The average molecular weight is 290 g/mol. The molecule has 0 bridgehead atoms. The van der Waals surface area contributed by atoms with Crippen LogP contribution in [-0.2, 0) is 20.9 Å². The molecular formula is C18H26O3. The van der Waals surface area contributed by atoms with Crippen LogP contribution in [0.25, 0.3) is 0 Å².